The van der Waals surface area contributed by atoms with E-state index in [1.54, 1.807) is 17.9 Å². The van der Waals surface area contributed by atoms with Crippen LogP contribution in [0.3, 0.4) is 0 Å². The number of nitrogens with one attached hydrogen (secondary N) is 1. The van der Waals surface area contributed by atoms with Crippen molar-refractivity contribution in [3.63, 3.8) is 0 Å². The molecular formula is C18H24N4O3. The van der Waals surface area contributed by atoms with E-state index in [-0.39, 0.29) is 12.1 Å². The number of rotatable bonds is 4. The first-order valence-corrected chi connectivity index (χ1v) is 8.53. The first-order valence-electron chi connectivity index (χ1n) is 8.53. The zero-order valence-electron chi connectivity index (χ0n) is 14.9. The normalized spacial score (nSPS) is 14.7. The fourth-order valence-corrected chi connectivity index (χ4v) is 2.84. The lowest BCUT2D eigenvalue weighted by Crippen LogP contribution is -2.50. The van der Waals surface area contributed by atoms with Gasteiger partial charge in [0.1, 0.15) is 11.5 Å². The Labute approximate surface area is 147 Å². The lowest BCUT2D eigenvalue weighted by molar-refractivity contribution is 0.207. The molecule has 25 heavy (non-hydrogen) atoms. The molecule has 1 aliphatic heterocycles. The number of hydrogen-bond donors (Lipinski definition) is 1. The van der Waals surface area contributed by atoms with Crippen LogP contribution in [0.25, 0.3) is 0 Å². The Kier molecular flexibility index (Phi) is 5.11. The Morgan fingerprint density at radius 3 is 2.60 bits per heavy atom. The van der Waals surface area contributed by atoms with Gasteiger partial charge in [-0.1, -0.05) is 17.3 Å². The predicted molar refractivity (Wildman–Crippen MR) is 96.3 cm³/mol. The van der Waals surface area contributed by atoms with Gasteiger partial charge >= 0.3 is 6.03 Å². The maximum atomic E-state index is 12.3. The molecule has 1 aliphatic rings. The minimum Gasteiger partial charge on any atom is -0.489 e. The number of ether oxygens (including phenoxy) is 1. The van der Waals surface area contributed by atoms with E-state index in [0.29, 0.717) is 24.7 Å². The minimum absolute atomic E-state index is 0.124. The van der Waals surface area contributed by atoms with Crippen LogP contribution in [-0.2, 0) is 0 Å². The Morgan fingerprint density at radius 1 is 1.24 bits per heavy atom. The maximum absolute atomic E-state index is 12.3. The van der Waals surface area contributed by atoms with E-state index in [4.69, 9.17) is 9.26 Å². The SMILES string of the molecule is Cc1cc(NC(=O)N2CCN(c3ccccc3OC(C)C)CC2)no1. The van der Waals surface area contributed by atoms with Gasteiger partial charge in [0.25, 0.3) is 0 Å². The summed E-state index contributed by atoms with van der Waals surface area (Å²) in [5.74, 6) is 2.00. The monoisotopic (exact) mass is 344 g/mol. The van der Waals surface area contributed by atoms with Crippen LogP contribution in [0.15, 0.2) is 34.9 Å². The Bertz CT molecular complexity index is 721. The summed E-state index contributed by atoms with van der Waals surface area (Å²) < 4.78 is 10.9. The topological polar surface area (TPSA) is 70.8 Å². The van der Waals surface area contributed by atoms with Crippen LogP contribution < -0.4 is 15.0 Å². The quantitative estimate of drug-likeness (QED) is 0.923. The van der Waals surface area contributed by atoms with Crippen LogP contribution in [-0.4, -0.2) is 48.4 Å². The summed E-state index contributed by atoms with van der Waals surface area (Å²) in [6, 6.07) is 9.58. The molecule has 3 rings (SSSR count). The molecule has 1 aromatic carbocycles. The third-order valence-electron chi connectivity index (χ3n) is 4.00. The van der Waals surface area contributed by atoms with Crippen LogP contribution in [0.2, 0.25) is 0 Å². The van der Waals surface area contributed by atoms with Gasteiger partial charge in [0.2, 0.25) is 0 Å². The molecule has 0 atom stereocenters. The smallest absolute Gasteiger partial charge is 0.323 e. The van der Waals surface area contributed by atoms with Gasteiger partial charge in [0.05, 0.1) is 11.8 Å². The average molecular weight is 344 g/mol. The fraction of sp³-hybridized carbons (Fsp3) is 0.444. The molecule has 2 amide bonds. The van der Waals surface area contributed by atoms with E-state index in [0.717, 1.165) is 24.5 Å². The van der Waals surface area contributed by atoms with Crippen LogP contribution in [0.1, 0.15) is 19.6 Å². The molecule has 7 heteroatoms. The molecule has 0 aliphatic carbocycles. The number of amides is 2. The maximum Gasteiger partial charge on any atom is 0.323 e. The van der Waals surface area contributed by atoms with Gasteiger partial charge in [-0.15, -0.1) is 0 Å². The summed E-state index contributed by atoms with van der Waals surface area (Å²) in [7, 11) is 0. The summed E-state index contributed by atoms with van der Waals surface area (Å²) in [5, 5.41) is 6.56. The summed E-state index contributed by atoms with van der Waals surface area (Å²) in [4.78, 5) is 16.4. The molecule has 2 heterocycles. The van der Waals surface area contributed by atoms with Crippen molar-refractivity contribution < 1.29 is 14.1 Å². The first kappa shape index (κ1) is 17.1. The second-order valence-corrected chi connectivity index (χ2v) is 6.36. The van der Waals surface area contributed by atoms with Crippen molar-refractivity contribution >= 4 is 17.5 Å². The zero-order chi connectivity index (χ0) is 17.8. The van der Waals surface area contributed by atoms with E-state index >= 15 is 0 Å². The first-order chi connectivity index (χ1) is 12.0. The van der Waals surface area contributed by atoms with Gasteiger partial charge in [0, 0.05) is 32.2 Å². The van der Waals surface area contributed by atoms with Crippen molar-refractivity contribution in [1.82, 2.24) is 10.1 Å². The summed E-state index contributed by atoms with van der Waals surface area (Å²) >= 11 is 0. The van der Waals surface area contributed by atoms with Crippen molar-refractivity contribution in [2.45, 2.75) is 26.9 Å². The van der Waals surface area contributed by atoms with Gasteiger partial charge in [-0.25, -0.2) is 4.79 Å². The number of aryl methyl sites for hydroxylation is 1. The molecule has 134 valence electrons. The van der Waals surface area contributed by atoms with E-state index in [9.17, 15) is 4.79 Å². The molecule has 1 fully saturated rings. The molecule has 0 spiro atoms. The van der Waals surface area contributed by atoms with Crippen molar-refractivity contribution in [2.75, 3.05) is 36.4 Å². The number of carbonyl (C=O) groups is 1. The highest BCUT2D eigenvalue weighted by Gasteiger charge is 2.23. The second-order valence-electron chi connectivity index (χ2n) is 6.36. The van der Waals surface area contributed by atoms with Gasteiger partial charge in [-0.3, -0.25) is 5.32 Å². The zero-order valence-corrected chi connectivity index (χ0v) is 14.9. The molecule has 2 aromatic rings. The summed E-state index contributed by atoms with van der Waals surface area (Å²) in [5.41, 5.74) is 1.07. The Morgan fingerprint density at radius 2 is 1.96 bits per heavy atom. The van der Waals surface area contributed by atoms with Crippen molar-refractivity contribution in [2.24, 2.45) is 0 Å². The number of anilines is 2. The van der Waals surface area contributed by atoms with Gasteiger partial charge in [-0.05, 0) is 32.9 Å². The van der Waals surface area contributed by atoms with E-state index in [1.807, 2.05) is 32.0 Å². The number of para-hydroxylation sites is 2. The molecule has 1 saturated heterocycles. The molecular weight excluding hydrogens is 320 g/mol. The number of hydrogen-bond acceptors (Lipinski definition) is 5. The summed E-state index contributed by atoms with van der Waals surface area (Å²) in [6.07, 6.45) is 0.124. The molecule has 0 radical (unpaired) electrons. The number of nitrogens with zero attached hydrogens (tertiary/aromatic N) is 3. The van der Waals surface area contributed by atoms with Crippen LogP contribution in [0.4, 0.5) is 16.3 Å². The van der Waals surface area contributed by atoms with Crippen LogP contribution >= 0.6 is 0 Å². The van der Waals surface area contributed by atoms with Crippen molar-refractivity contribution in [3.05, 3.63) is 36.1 Å². The molecule has 0 saturated carbocycles. The van der Waals surface area contributed by atoms with Gasteiger partial charge in [0.15, 0.2) is 5.82 Å². The second kappa shape index (κ2) is 7.46. The lowest BCUT2D eigenvalue weighted by atomic mass is 10.2. The van der Waals surface area contributed by atoms with Crippen LogP contribution in [0, 0.1) is 6.92 Å². The Balaban J connectivity index is 1.59. The number of urea groups is 1. The van der Waals surface area contributed by atoms with Gasteiger partial charge < -0.3 is 19.1 Å². The lowest BCUT2D eigenvalue weighted by Gasteiger charge is -2.36. The van der Waals surface area contributed by atoms with E-state index < -0.39 is 0 Å². The molecule has 0 unspecified atom stereocenters. The van der Waals surface area contributed by atoms with E-state index in [1.165, 1.54) is 0 Å². The molecule has 7 nitrogen and oxygen atoms in total. The molecule has 1 aromatic heterocycles. The Hall–Kier alpha value is -2.70. The number of piperazine rings is 1. The number of aromatic nitrogens is 1. The average Bonchev–Trinajstić information content (AvgIpc) is 3.00. The van der Waals surface area contributed by atoms with Gasteiger partial charge in [-0.2, -0.15) is 0 Å². The van der Waals surface area contributed by atoms with Crippen molar-refractivity contribution in [3.8, 4) is 5.75 Å². The highest BCUT2D eigenvalue weighted by atomic mass is 16.5. The minimum atomic E-state index is -0.153. The highest BCUT2D eigenvalue weighted by Crippen LogP contribution is 2.29. The van der Waals surface area contributed by atoms with Crippen molar-refractivity contribution in [1.29, 1.82) is 0 Å². The van der Waals surface area contributed by atoms with E-state index in [2.05, 4.69) is 21.4 Å². The summed E-state index contributed by atoms with van der Waals surface area (Å²) in [6.45, 7) is 8.61. The van der Waals surface area contributed by atoms with Crippen LogP contribution in [0.5, 0.6) is 5.75 Å². The molecule has 1 N–H and O–H groups in total. The largest absolute Gasteiger partial charge is 0.489 e. The molecule has 0 bridgehead atoms. The third-order valence-corrected chi connectivity index (χ3v) is 4.00. The predicted octanol–water partition coefficient (Wildman–Crippen LogP) is 3.12. The number of carbonyl (C=O) groups excluding carboxylic acids is 1. The number of benzene rings is 1. The standard InChI is InChI=1S/C18H24N4O3/c1-13(2)24-16-7-5-4-6-15(16)21-8-10-22(11-9-21)18(23)19-17-12-14(3)25-20-17/h4-7,12-13H,8-11H2,1-3H3,(H,19,20,23). The fourth-order valence-electron chi connectivity index (χ4n) is 2.84. The highest BCUT2D eigenvalue weighted by molar-refractivity contribution is 5.88. The third kappa shape index (κ3) is 4.23.